The summed E-state index contributed by atoms with van der Waals surface area (Å²) < 4.78 is 0.850. The Bertz CT molecular complexity index is 577. The molecule has 0 spiro atoms. The third kappa shape index (κ3) is 5.18. The largest absolute Gasteiger partial charge is 0.619 e. The predicted molar refractivity (Wildman–Crippen MR) is 87.3 cm³/mol. The number of nitrogens with zero attached hydrogens (tertiary/aromatic N) is 2. The van der Waals surface area contributed by atoms with Crippen molar-refractivity contribution in [2.45, 2.75) is 53.4 Å². The SMILES string of the molecule is Cc1cc[n+]([O-])cc1C(C)C.Cc1ccncc1C(C)C. The van der Waals surface area contributed by atoms with Crippen molar-refractivity contribution in [3.05, 3.63) is 64.4 Å². The minimum atomic E-state index is 0.427. The molecular formula is C18H26N2O. The lowest BCUT2D eigenvalue weighted by atomic mass is 10.0. The van der Waals surface area contributed by atoms with Crippen molar-refractivity contribution in [2.24, 2.45) is 0 Å². The van der Waals surface area contributed by atoms with Crippen LogP contribution >= 0.6 is 0 Å². The van der Waals surface area contributed by atoms with Gasteiger partial charge in [0.1, 0.15) is 0 Å². The molecule has 0 atom stereocenters. The molecular weight excluding hydrogens is 260 g/mol. The Morgan fingerprint density at radius 2 is 1.52 bits per heavy atom. The van der Waals surface area contributed by atoms with Crippen LogP contribution in [-0.4, -0.2) is 4.98 Å². The Kier molecular flexibility index (Phi) is 6.35. The summed E-state index contributed by atoms with van der Waals surface area (Å²) in [6.45, 7) is 12.7. The van der Waals surface area contributed by atoms with E-state index in [1.54, 1.807) is 6.20 Å². The average Bonchev–Trinajstić information content (AvgIpc) is 2.42. The maximum atomic E-state index is 10.9. The maximum Gasteiger partial charge on any atom is 0.184 e. The molecule has 0 amide bonds. The van der Waals surface area contributed by atoms with Gasteiger partial charge in [-0.25, -0.2) is 0 Å². The van der Waals surface area contributed by atoms with E-state index in [0.29, 0.717) is 11.8 Å². The van der Waals surface area contributed by atoms with Crippen molar-refractivity contribution in [1.29, 1.82) is 0 Å². The van der Waals surface area contributed by atoms with Crippen LogP contribution in [0.2, 0.25) is 0 Å². The zero-order valence-electron chi connectivity index (χ0n) is 13.9. The Morgan fingerprint density at radius 3 is 1.95 bits per heavy atom. The van der Waals surface area contributed by atoms with Gasteiger partial charge in [0.25, 0.3) is 0 Å². The number of pyridine rings is 2. The highest BCUT2D eigenvalue weighted by atomic mass is 16.5. The van der Waals surface area contributed by atoms with Gasteiger partial charge in [0.05, 0.1) is 0 Å². The van der Waals surface area contributed by atoms with Gasteiger partial charge in [-0.3, -0.25) is 4.98 Å². The summed E-state index contributed by atoms with van der Waals surface area (Å²) in [4.78, 5) is 4.07. The number of rotatable bonds is 2. The second-order valence-corrected chi connectivity index (χ2v) is 5.98. The third-order valence-electron chi connectivity index (χ3n) is 3.52. The monoisotopic (exact) mass is 286 g/mol. The number of hydrogen-bond donors (Lipinski definition) is 0. The first-order valence-electron chi connectivity index (χ1n) is 7.42. The Balaban J connectivity index is 0.000000211. The molecule has 0 unspecified atom stereocenters. The van der Waals surface area contributed by atoms with E-state index in [2.05, 4.69) is 45.7 Å². The van der Waals surface area contributed by atoms with Crippen LogP contribution in [0.4, 0.5) is 0 Å². The summed E-state index contributed by atoms with van der Waals surface area (Å²) >= 11 is 0. The Morgan fingerprint density at radius 1 is 0.952 bits per heavy atom. The summed E-state index contributed by atoms with van der Waals surface area (Å²) in [5.41, 5.74) is 5.00. The van der Waals surface area contributed by atoms with Crippen LogP contribution in [0.25, 0.3) is 0 Å². The molecule has 0 aromatic carbocycles. The van der Waals surface area contributed by atoms with E-state index in [4.69, 9.17) is 0 Å². The lowest BCUT2D eigenvalue weighted by Crippen LogP contribution is -2.25. The number of hydrogen-bond acceptors (Lipinski definition) is 2. The normalized spacial score (nSPS) is 10.5. The highest BCUT2D eigenvalue weighted by molar-refractivity contribution is 5.24. The molecule has 0 fully saturated rings. The molecule has 2 heterocycles. The fraction of sp³-hybridized carbons (Fsp3) is 0.444. The lowest BCUT2D eigenvalue weighted by Gasteiger charge is -2.07. The van der Waals surface area contributed by atoms with Crippen molar-refractivity contribution in [1.82, 2.24) is 4.98 Å². The second kappa shape index (κ2) is 7.77. The quantitative estimate of drug-likeness (QED) is 0.611. The minimum absolute atomic E-state index is 0.427. The highest BCUT2D eigenvalue weighted by Crippen LogP contribution is 2.16. The lowest BCUT2D eigenvalue weighted by molar-refractivity contribution is -0.606. The van der Waals surface area contributed by atoms with E-state index in [1.165, 1.54) is 22.9 Å². The molecule has 0 saturated heterocycles. The first-order chi connectivity index (χ1) is 9.82. The van der Waals surface area contributed by atoms with Gasteiger partial charge >= 0.3 is 0 Å². The second-order valence-electron chi connectivity index (χ2n) is 5.98. The van der Waals surface area contributed by atoms with Gasteiger partial charge < -0.3 is 5.21 Å². The smallest absolute Gasteiger partial charge is 0.184 e. The fourth-order valence-corrected chi connectivity index (χ4v) is 2.25. The molecule has 2 rings (SSSR count). The summed E-state index contributed by atoms with van der Waals surface area (Å²) in [5.74, 6) is 1.02. The minimum Gasteiger partial charge on any atom is -0.619 e. The molecule has 0 N–H and O–H groups in total. The van der Waals surface area contributed by atoms with Crippen molar-refractivity contribution in [2.75, 3.05) is 0 Å². The summed E-state index contributed by atoms with van der Waals surface area (Å²) in [5, 5.41) is 10.9. The molecule has 2 aromatic rings. The molecule has 0 aliphatic carbocycles. The maximum absolute atomic E-state index is 10.9. The topological polar surface area (TPSA) is 39.8 Å². The van der Waals surface area contributed by atoms with Crippen LogP contribution < -0.4 is 4.73 Å². The molecule has 0 aliphatic heterocycles. The van der Waals surface area contributed by atoms with E-state index >= 15 is 0 Å². The first kappa shape index (κ1) is 17.2. The molecule has 0 radical (unpaired) electrons. The van der Waals surface area contributed by atoms with E-state index in [-0.39, 0.29) is 0 Å². The van der Waals surface area contributed by atoms with Crippen molar-refractivity contribution in [3.8, 4) is 0 Å². The summed E-state index contributed by atoms with van der Waals surface area (Å²) in [7, 11) is 0. The van der Waals surface area contributed by atoms with Crippen molar-refractivity contribution >= 4 is 0 Å². The molecule has 3 nitrogen and oxygen atoms in total. The van der Waals surface area contributed by atoms with E-state index in [9.17, 15) is 5.21 Å². The predicted octanol–water partition coefficient (Wildman–Crippen LogP) is 4.27. The van der Waals surface area contributed by atoms with Gasteiger partial charge in [-0.2, -0.15) is 4.73 Å². The molecule has 2 aromatic heterocycles. The Labute approximate surface area is 128 Å². The summed E-state index contributed by atoms with van der Waals surface area (Å²) in [6.07, 6.45) is 6.95. The van der Waals surface area contributed by atoms with Crippen LogP contribution in [-0.2, 0) is 0 Å². The van der Waals surface area contributed by atoms with E-state index in [0.717, 1.165) is 10.3 Å². The zero-order chi connectivity index (χ0) is 16.0. The van der Waals surface area contributed by atoms with Crippen LogP contribution in [0.15, 0.2) is 36.9 Å². The van der Waals surface area contributed by atoms with Gasteiger partial charge in [-0.05, 0) is 48.4 Å². The van der Waals surface area contributed by atoms with E-state index < -0.39 is 0 Å². The van der Waals surface area contributed by atoms with Crippen molar-refractivity contribution < 1.29 is 4.73 Å². The fourth-order valence-electron chi connectivity index (χ4n) is 2.25. The van der Waals surface area contributed by atoms with Crippen LogP contribution in [0.1, 0.15) is 61.8 Å². The van der Waals surface area contributed by atoms with Gasteiger partial charge in [0.15, 0.2) is 12.4 Å². The first-order valence-corrected chi connectivity index (χ1v) is 7.42. The average molecular weight is 286 g/mol. The van der Waals surface area contributed by atoms with E-state index in [1.807, 2.05) is 25.4 Å². The van der Waals surface area contributed by atoms with Gasteiger partial charge in [0.2, 0.25) is 0 Å². The van der Waals surface area contributed by atoms with Crippen molar-refractivity contribution in [3.63, 3.8) is 0 Å². The number of aryl methyl sites for hydroxylation is 2. The zero-order valence-corrected chi connectivity index (χ0v) is 13.9. The number of aromatic nitrogens is 2. The molecule has 0 aliphatic rings. The highest BCUT2D eigenvalue weighted by Gasteiger charge is 2.05. The summed E-state index contributed by atoms with van der Waals surface area (Å²) in [6, 6.07) is 3.90. The molecule has 0 bridgehead atoms. The molecule has 21 heavy (non-hydrogen) atoms. The van der Waals surface area contributed by atoms with Gasteiger partial charge in [-0.1, -0.05) is 27.7 Å². The molecule has 0 saturated carbocycles. The molecule has 3 heteroatoms. The Hall–Kier alpha value is -1.90. The van der Waals surface area contributed by atoms with Gasteiger partial charge in [-0.15, -0.1) is 0 Å². The van der Waals surface area contributed by atoms with Crippen LogP contribution in [0, 0.1) is 19.1 Å². The van der Waals surface area contributed by atoms with Gasteiger partial charge in [0, 0.05) is 24.0 Å². The molecule has 114 valence electrons. The standard InChI is InChI=1S/C9H13NO.C9H13N/c1-7(2)9-6-10(11)5-4-8(9)3;1-7(2)9-6-10-5-4-8(9)3/h4-7H,1-3H3;4-7H,1-3H3. The third-order valence-corrected chi connectivity index (χ3v) is 3.52. The van der Waals surface area contributed by atoms with Crippen LogP contribution in [0.3, 0.4) is 0 Å². The van der Waals surface area contributed by atoms with Crippen LogP contribution in [0.5, 0.6) is 0 Å².